The van der Waals surface area contributed by atoms with E-state index in [1.54, 1.807) is 4.90 Å². The Morgan fingerprint density at radius 3 is 2.75 bits per heavy atom. The number of nitrogens with zero attached hydrogens (tertiary/aromatic N) is 1. The number of benzene rings is 1. The van der Waals surface area contributed by atoms with E-state index in [0.29, 0.717) is 19.5 Å². The Hall–Kier alpha value is -1.59. The number of carbonyl (C=O) groups is 1. The lowest BCUT2D eigenvalue weighted by Gasteiger charge is -2.34. The number of aliphatic hydroxyl groups excluding tert-OH is 1. The van der Waals surface area contributed by atoms with Crippen molar-refractivity contribution in [1.82, 2.24) is 10.2 Å². The molecule has 24 heavy (non-hydrogen) atoms. The first kappa shape index (κ1) is 18.7. The van der Waals surface area contributed by atoms with Crippen molar-refractivity contribution in [2.24, 2.45) is 0 Å². The van der Waals surface area contributed by atoms with Crippen LogP contribution in [0.1, 0.15) is 39.2 Å². The van der Waals surface area contributed by atoms with Crippen molar-refractivity contribution < 1.29 is 14.6 Å². The van der Waals surface area contributed by atoms with E-state index in [-0.39, 0.29) is 12.1 Å². The van der Waals surface area contributed by atoms with Crippen molar-refractivity contribution in [3.05, 3.63) is 35.9 Å². The average Bonchev–Trinajstić information content (AvgIpc) is 2.53. The summed E-state index contributed by atoms with van der Waals surface area (Å²) in [6.07, 6.45) is 1.92. The quantitative estimate of drug-likeness (QED) is 0.869. The molecule has 1 aromatic rings. The maximum absolute atomic E-state index is 12.2. The van der Waals surface area contributed by atoms with E-state index >= 15 is 0 Å². The SMILES string of the molecule is CC(C)(C)OC(=O)N1CCCC(NCC(O)Cc2ccccc2)C1. The first-order valence-electron chi connectivity index (χ1n) is 8.77. The van der Waals surface area contributed by atoms with Crippen LogP contribution in [0.2, 0.25) is 0 Å². The Kier molecular flexibility index (Phi) is 6.63. The zero-order chi connectivity index (χ0) is 17.6. The minimum Gasteiger partial charge on any atom is -0.444 e. The maximum Gasteiger partial charge on any atom is 0.410 e. The number of aliphatic hydroxyl groups is 1. The lowest BCUT2D eigenvalue weighted by molar-refractivity contribution is 0.0183. The maximum atomic E-state index is 12.2. The van der Waals surface area contributed by atoms with Crippen molar-refractivity contribution in [2.75, 3.05) is 19.6 Å². The molecule has 2 atom stereocenters. The second kappa shape index (κ2) is 8.49. The van der Waals surface area contributed by atoms with Gasteiger partial charge in [0.15, 0.2) is 0 Å². The number of amides is 1. The summed E-state index contributed by atoms with van der Waals surface area (Å²) in [5, 5.41) is 13.6. The van der Waals surface area contributed by atoms with Crippen LogP contribution in [0.4, 0.5) is 4.79 Å². The summed E-state index contributed by atoms with van der Waals surface area (Å²) in [6.45, 7) is 7.54. The van der Waals surface area contributed by atoms with E-state index in [0.717, 1.165) is 24.9 Å². The second-order valence-corrected chi connectivity index (χ2v) is 7.52. The summed E-state index contributed by atoms with van der Waals surface area (Å²) in [5.41, 5.74) is 0.661. The molecule has 0 saturated carbocycles. The Morgan fingerprint density at radius 2 is 2.08 bits per heavy atom. The lowest BCUT2D eigenvalue weighted by atomic mass is 10.0. The molecule has 1 amide bonds. The van der Waals surface area contributed by atoms with Gasteiger partial charge in [0.1, 0.15) is 5.60 Å². The number of hydrogen-bond acceptors (Lipinski definition) is 4. The van der Waals surface area contributed by atoms with Gasteiger partial charge in [0.25, 0.3) is 0 Å². The Bertz CT molecular complexity index is 513. The van der Waals surface area contributed by atoms with Gasteiger partial charge in [-0.05, 0) is 45.6 Å². The summed E-state index contributed by atoms with van der Waals surface area (Å²) >= 11 is 0. The minimum atomic E-state index is -0.469. The molecular formula is C19H30N2O3. The fourth-order valence-corrected chi connectivity index (χ4v) is 2.90. The largest absolute Gasteiger partial charge is 0.444 e. The first-order valence-corrected chi connectivity index (χ1v) is 8.77. The first-order chi connectivity index (χ1) is 11.3. The van der Waals surface area contributed by atoms with E-state index < -0.39 is 11.7 Å². The van der Waals surface area contributed by atoms with E-state index in [4.69, 9.17) is 4.74 Å². The summed E-state index contributed by atoms with van der Waals surface area (Å²) in [7, 11) is 0. The highest BCUT2D eigenvalue weighted by Crippen LogP contribution is 2.15. The third-order valence-electron chi connectivity index (χ3n) is 4.03. The molecule has 134 valence electrons. The van der Waals surface area contributed by atoms with Crippen LogP contribution in [0, 0.1) is 0 Å². The van der Waals surface area contributed by atoms with Crippen molar-refractivity contribution in [3.8, 4) is 0 Å². The third kappa shape index (κ3) is 6.49. The Labute approximate surface area is 145 Å². The van der Waals surface area contributed by atoms with Gasteiger partial charge < -0.3 is 20.1 Å². The standard InChI is InChI=1S/C19H30N2O3/c1-19(2,3)24-18(23)21-11-7-10-16(14-21)20-13-17(22)12-15-8-5-4-6-9-15/h4-6,8-9,16-17,20,22H,7,10-14H2,1-3H3. The van der Waals surface area contributed by atoms with Crippen LogP contribution in [-0.4, -0.2) is 53.5 Å². The van der Waals surface area contributed by atoms with Gasteiger partial charge in [-0.2, -0.15) is 0 Å². The molecule has 2 unspecified atom stereocenters. The highest BCUT2D eigenvalue weighted by atomic mass is 16.6. The zero-order valence-electron chi connectivity index (χ0n) is 15.0. The van der Waals surface area contributed by atoms with Crippen LogP contribution in [0.3, 0.4) is 0 Å². The fourth-order valence-electron chi connectivity index (χ4n) is 2.90. The van der Waals surface area contributed by atoms with Crippen molar-refractivity contribution in [1.29, 1.82) is 0 Å². The number of hydrogen-bond donors (Lipinski definition) is 2. The van der Waals surface area contributed by atoms with Crippen molar-refractivity contribution in [3.63, 3.8) is 0 Å². The third-order valence-corrected chi connectivity index (χ3v) is 4.03. The number of piperidine rings is 1. The Morgan fingerprint density at radius 1 is 1.38 bits per heavy atom. The molecule has 0 aromatic heterocycles. The lowest BCUT2D eigenvalue weighted by Crippen LogP contribution is -2.50. The minimum absolute atomic E-state index is 0.205. The summed E-state index contributed by atoms with van der Waals surface area (Å²) in [6, 6.07) is 10.2. The number of rotatable bonds is 5. The van der Waals surface area contributed by atoms with Crippen molar-refractivity contribution in [2.45, 2.75) is 57.8 Å². The van der Waals surface area contributed by atoms with E-state index in [1.165, 1.54) is 0 Å². The van der Waals surface area contributed by atoms with Gasteiger partial charge in [0.05, 0.1) is 6.10 Å². The molecule has 0 spiro atoms. The predicted molar refractivity (Wildman–Crippen MR) is 95.0 cm³/mol. The molecule has 1 aliphatic rings. The van der Waals surface area contributed by atoms with Crippen LogP contribution in [0.15, 0.2) is 30.3 Å². The number of ether oxygens (including phenoxy) is 1. The van der Waals surface area contributed by atoms with Gasteiger partial charge in [-0.3, -0.25) is 0 Å². The van der Waals surface area contributed by atoms with Gasteiger partial charge in [-0.25, -0.2) is 4.79 Å². The summed E-state index contributed by atoms with van der Waals surface area (Å²) in [4.78, 5) is 13.9. The molecule has 0 aliphatic carbocycles. The molecular weight excluding hydrogens is 304 g/mol. The summed E-state index contributed by atoms with van der Waals surface area (Å²) < 4.78 is 5.44. The molecule has 0 bridgehead atoms. The monoisotopic (exact) mass is 334 g/mol. The van der Waals surface area contributed by atoms with Crippen LogP contribution in [0.5, 0.6) is 0 Å². The van der Waals surface area contributed by atoms with Crippen LogP contribution >= 0.6 is 0 Å². The highest BCUT2D eigenvalue weighted by molar-refractivity contribution is 5.68. The van der Waals surface area contributed by atoms with Crippen molar-refractivity contribution >= 4 is 6.09 Å². The number of nitrogens with one attached hydrogen (secondary N) is 1. The van der Waals surface area contributed by atoms with E-state index in [9.17, 15) is 9.90 Å². The fraction of sp³-hybridized carbons (Fsp3) is 0.632. The van der Waals surface area contributed by atoms with Gasteiger partial charge in [-0.15, -0.1) is 0 Å². The second-order valence-electron chi connectivity index (χ2n) is 7.52. The topological polar surface area (TPSA) is 61.8 Å². The normalized spacial score (nSPS) is 19.8. The molecule has 5 heteroatoms. The van der Waals surface area contributed by atoms with Gasteiger partial charge >= 0.3 is 6.09 Å². The van der Waals surface area contributed by atoms with Gasteiger partial charge in [0.2, 0.25) is 0 Å². The molecule has 1 aromatic carbocycles. The Balaban J connectivity index is 1.75. The van der Waals surface area contributed by atoms with Crippen LogP contribution in [0.25, 0.3) is 0 Å². The predicted octanol–water partition coefficient (Wildman–Crippen LogP) is 2.58. The molecule has 1 saturated heterocycles. The molecule has 1 aliphatic heterocycles. The molecule has 1 heterocycles. The molecule has 2 N–H and O–H groups in total. The van der Waals surface area contributed by atoms with Gasteiger partial charge in [-0.1, -0.05) is 30.3 Å². The van der Waals surface area contributed by atoms with Crippen LogP contribution in [-0.2, 0) is 11.2 Å². The molecule has 2 rings (SSSR count). The number of carbonyl (C=O) groups excluding carboxylic acids is 1. The average molecular weight is 334 g/mol. The number of likely N-dealkylation sites (tertiary alicyclic amines) is 1. The summed E-state index contributed by atoms with van der Waals surface area (Å²) in [5.74, 6) is 0. The van der Waals surface area contributed by atoms with Gasteiger partial charge in [0, 0.05) is 25.7 Å². The van der Waals surface area contributed by atoms with Crippen LogP contribution < -0.4 is 5.32 Å². The highest BCUT2D eigenvalue weighted by Gasteiger charge is 2.27. The zero-order valence-corrected chi connectivity index (χ0v) is 15.0. The smallest absolute Gasteiger partial charge is 0.410 e. The van der Waals surface area contributed by atoms with E-state index in [1.807, 2.05) is 51.1 Å². The molecule has 0 radical (unpaired) electrons. The molecule has 1 fully saturated rings. The van der Waals surface area contributed by atoms with E-state index in [2.05, 4.69) is 5.32 Å². The molecule has 5 nitrogen and oxygen atoms in total.